The number of rotatable bonds is 8. The molecule has 0 saturated carbocycles. The number of thioether (sulfide) groups is 1. The van der Waals surface area contributed by atoms with Crippen molar-refractivity contribution in [2.75, 3.05) is 11.1 Å². The maximum absolute atomic E-state index is 12.1. The van der Waals surface area contributed by atoms with Gasteiger partial charge in [-0.25, -0.2) is 4.98 Å². The van der Waals surface area contributed by atoms with Gasteiger partial charge in [-0.05, 0) is 42.7 Å². The highest BCUT2D eigenvalue weighted by Crippen LogP contribution is 2.17. The molecule has 6 nitrogen and oxygen atoms in total. The molecule has 26 heavy (non-hydrogen) atoms. The first-order chi connectivity index (χ1) is 12.7. The Morgan fingerprint density at radius 3 is 2.65 bits per heavy atom. The molecule has 0 aliphatic heterocycles. The number of nitrogens with one attached hydrogen (secondary N) is 1. The van der Waals surface area contributed by atoms with Gasteiger partial charge in [-0.1, -0.05) is 37.2 Å². The molecule has 0 aliphatic rings. The van der Waals surface area contributed by atoms with E-state index in [0.717, 1.165) is 12.1 Å². The third-order valence-corrected chi connectivity index (χ3v) is 4.72. The SMILES string of the molecule is CCCCc1ccc(NC(=O)CSc2ccc(-n3ccnc3)nn2)cc1. The van der Waals surface area contributed by atoms with E-state index in [1.54, 1.807) is 23.3 Å². The monoisotopic (exact) mass is 367 g/mol. The van der Waals surface area contributed by atoms with Gasteiger partial charge in [0.25, 0.3) is 0 Å². The van der Waals surface area contributed by atoms with E-state index < -0.39 is 0 Å². The van der Waals surface area contributed by atoms with Crippen molar-refractivity contribution in [3.63, 3.8) is 0 Å². The number of carbonyl (C=O) groups is 1. The highest BCUT2D eigenvalue weighted by molar-refractivity contribution is 7.99. The Labute approximate surface area is 157 Å². The Kier molecular flexibility index (Phi) is 6.38. The molecule has 2 heterocycles. The van der Waals surface area contributed by atoms with Gasteiger partial charge in [-0.3, -0.25) is 9.36 Å². The lowest BCUT2D eigenvalue weighted by Gasteiger charge is -2.06. The second kappa shape index (κ2) is 9.15. The van der Waals surface area contributed by atoms with Gasteiger partial charge in [0.05, 0.1) is 5.75 Å². The molecule has 0 fully saturated rings. The summed E-state index contributed by atoms with van der Waals surface area (Å²) in [7, 11) is 0. The summed E-state index contributed by atoms with van der Waals surface area (Å²) in [5.41, 5.74) is 2.12. The quantitative estimate of drug-likeness (QED) is 0.614. The summed E-state index contributed by atoms with van der Waals surface area (Å²) in [6, 6.07) is 11.7. The molecule has 0 unspecified atom stereocenters. The molecule has 0 bridgehead atoms. The molecule has 0 saturated heterocycles. The fraction of sp³-hybridized carbons (Fsp3) is 0.263. The van der Waals surface area contributed by atoms with Crippen LogP contribution in [0.4, 0.5) is 5.69 Å². The zero-order valence-electron chi connectivity index (χ0n) is 14.6. The first-order valence-electron chi connectivity index (χ1n) is 8.58. The molecule has 3 aromatic rings. The van der Waals surface area contributed by atoms with Gasteiger partial charge >= 0.3 is 0 Å². The Morgan fingerprint density at radius 1 is 1.15 bits per heavy atom. The van der Waals surface area contributed by atoms with Gasteiger partial charge in [0.2, 0.25) is 5.91 Å². The van der Waals surface area contributed by atoms with Gasteiger partial charge in [0.1, 0.15) is 11.4 Å². The molecule has 134 valence electrons. The first-order valence-corrected chi connectivity index (χ1v) is 9.57. The predicted octanol–water partition coefficient (Wildman–Crippen LogP) is 3.74. The number of amides is 1. The average molecular weight is 367 g/mol. The van der Waals surface area contributed by atoms with E-state index >= 15 is 0 Å². The van der Waals surface area contributed by atoms with E-state index in [4.69, 9.17) is 0 Å². The molecule has 1 amide bonds. The van der Waals surface area contributed by atoms with Crippen LogP contribution in [0.25, 0.3) is 5.82 Å². The molecule has 0 spiro atoms. The smallest absolute Gasteiger partial charge is 0.234 e. The van der Waals surface area contributed by atoms with Crippen LogP contribution >= 0.6 is 11.8 Å². The van der Waals surface area contributed by atoms with Gasteiger partial charge in [-0.2, -0.15) is 0 Å². The summed E-state index contributed by atoms with van der Waals surface area (Å²) in [6.07, 6.45) is 8.60. The van der Waals surface area contributed by atoms with E-state index in [2.05, 4.69) is 39.6 Å². The van der Waals surface area contributed by atoms with Crippen molar-refractivity contribution in [1.82, 2.24) is 19.7 Å². The van der Waals surface area contributed by atoms with Crippen molar-refractivity contribution in [2.45, 2.75) is 31.2 Å². The molecule has 3 rings (SSSR count). The maximum Gasteiger partial charge on any atom is 0.234 e. The second-order valence-electron chi connectivity index (χ2n) is 5.84. The summed E-state index contributed by atoms with van der Waals surface area (Å²) < 4.78 is 1.78. The van der Waals surface area contributed by atoms with E-state index in [-0.39, 0.29) is 11.7 Å². The van der Waals surface area contributed by atoms with Crippen LogP contribution in [0.2, 0.25) is 0 Å². The van der Waals surface area contributed by atoms with Gasteiger partial charge in [0.15, 0.2) is 5.82 Å². The largest absolute Gasteiger partial charge is 0.325 e. The number of nitrogens with zero attached hydrogens (tertiary/aromatic N) is 4. The lowest BCUT2D eigenvalue weighted by molar-refractivity contribution is -0.113. The molecular weight excluding hydrogens is 346 g/mol. The minimum atomic E-state index is -0.0585. The summed E-state index contributed by atoms with van der Waals surface area (Å²) in [5, 5.41) is 11.9. The predicted molar refractivity (Wildman–Crippen MR) is 104 cm³/mol. The Bertz CT molecular complexity index is 816. The van der Waals surface area contributed by atoms with Crippen molar-refractivity contribution in [3.05, 3.63) is 60.7 Å². The molecule has 2 aromatic heterocycles. The lowest BCUT2D eigenvalue weighted by atomic mass is 10.1. The fourth-order valence-corrected chi connectivity index (χ4v) is 3.01. The standard InChI is InChI=1S/C19H21N5OS/c1-2-3-4-15-5-7-16(8-6-15)21-18(25)13-26-19-10-9-17(22-23-19)24-12-11-20-14-24/h5-12,14H,2-4,13H2,1H3,(H,21,25). The van der Waals surface area contributed by atoms with Gasteiger partial charge < -0.3 is 5.32 Å². The minimum Gasteiger partial charge on any atom is -0.325 e. The minimum absolute atomic E-state index is 0.0585. The second-order valence-corrected chi connectivity index (χ2v) is 6.83. The average Bonchev–Trinajstić information content (AvgIpc) is 3.21. The topological polar surface area (TPSA) is 72.7 Å². The van der Waals surface area contributed by atoms with Crippen molar-refractivity contribution < 1.29 is 4.79 Å². The van der Waals surface area contributed by atoms with Crippen LogP contribution in [0.15, 0.2) is 60.1 Å². The first kappa shape index (κ1) is 18.1. The summed E-state index contributed by atoms with van der Waals surface area (Å²) >= 11 is 1.36. The molecule has 0 aliphatic carbocycles. The van der Waals surface area contributed by atoms with Crippen molar-refractivity contribution >= 4 is 23.4 Å². The van der Waals surface area contributed by atoms with Gasteiger partial charge in [0, 0.05) is 18.1 Å². The van der Waals surface area contributed by atoms with Gasteiger partial charge in [-0.15, -0.1) is 10.2 Å². The number of unbranched alkanes of at least 4 members (excludes halogenated alkanes) is 1. The summed E-state index contributed by atoms with van der Waals surface area (Å²) in [4.78, 5) is 16.1. The third-order valence-electron chi connectivity index (χ3n) is 3.80. The molecule has 1 aromatic carbocycles. The highest BCUT2D eigenvalue weighted by Gasteiger charge is 2.06. The molecule has 0 radical (unpaired) electrons. The summed E-state index contributed by atoms with van der Waals surface area (Å²) in [6.45, 7) is 2.18. The zero-order chi connectivity index (χ0) is 18.2. The summed E-state index contributed by atoms with van der Waals surface area (Å²) in [5.74, 6) is 0.924. The number of aromatic nitrogens is 4. The third kappa shape index (κ3) is 5.16. The van der Waals surface area contributed by atoms with Crippen LogP contribution in [0.1, 0.15) is 25.3 Å². The Morgan fingerprint density at radius 2 is 2.00 bits per heavy atom. The number of hydrogen-bond donors (Lipinski definition) is 1. The van der Waals surface area contributed by atoms with Crippen molar-refractivity contribution in [1.29, 1.82) is 0 Å². The fourth-order valence-electron chi connectivity index (χ4n) is 2.39. The molecule has 7 heteroatoms. The van der Waals surface area contributed by atoms with E-state index in [1.165, 1.54) is 30.2 Å². The Hall–Kier alpha value is -2.67. The van der Waals surface area contributed by atoms with Crippen LogP contribution in [0.5, 0.6) is 0 Å². The maximum atomic E-state index is 12.1. The molecule has 1 N–H and O–H groups in total. The van der Waals surface area contributed by atoms with Crippen molar-refractivity contribution in [3.8, 4) is 5.82 Å². The number of benzene rings is 1. The van der Waals surface area contributed by atoms with Crippen LogP contribution in [-0.2, 0) is 11.2 Å². The number of aryl methyl sites for hydroxylation is 1. The lowest BCUT2D eigenvalue weighted by Crippen LogP contribution is -2.14. The zero-order valence-corrected chi connectivity index (χ0v) is 15.4. The van der Waals surface area contributed by atoms with E-state index in [0.29, 0.717) is 10.8 Å². The van der Waals surface area contributed by atoms with E-state index in [9.17, 15) is 4.79 Å². The van der Waals surface area contributed by atoms with Crippen LogP contribution in [0.3, 0.4) is 0 Å². The normalized spacial score (nSPS) is 10.7. The van der Waals surface area contributed by atoms with Crippen molar-refractivity contribution in [2.24, 2.45) is 0 Å². The molecular formula is C19H21N5OS. The number of anilines is 1. The van der Waals surface area contributed by atoms with E-state index in [1.807, 2.05) is 24.3 Å². The van der Waals surface area contributed by atoms with Crippen LogP contribution in [-0.4, -0.2) is 31.4 Å². The highest BCUT2D eigenvalue weighted by atomic mass is 32.2. The number of carbonyl (C=O) groups excluding carboxylic acids is 1. The number of imidazole rings is 1. The number of hydrogen-bond acceptors (Lipinski definition) is 5. The Balaban J connectivity index is 1.48. The molecule has 0 atom stereocenters. The van der Waals surface area contributed by atoms with Crippen LogP contribution < -0.4 is 5.32 Å². The van der Waals surface area contributed by atoms with Crippen LogP contribution in [0, 0.1) is 0 Å².